The molecule has 1 atom stereocenters. The molecule has 0 bridgehead atoms. The fourth-order valence-corrected chi connectivity index (χ4v) is 3.87. The number of ether oxygens (including phenoxy) is 2. The quantitative estimate of drug-likeness (QED) is 0.874. The Balaban J connectivity index is 1.66. The van der Waals surface area contributed by atoms with Crippen molar-refractivity contribution in [3.63, 3.8) is 0 Å². The van der Waals surface area contributed by atoms with Crippen molar-refractivity contribution in [1.29, 1.82) is 0 Å². The molecule has 21 heavy (non-hydrogen) atoms. The molecule has 1 aliphatic heterocycles. The first-order valence-corrected chi connectivity index (χ1v) is 8.27. The van der Waals surface area contributed by atoms with E-state index in [2.05, 4.69) is 12.2 Å². The molecule has 2 heterocycles. The Labute approximate surface area is 137 Å². The van der Waals surface area contributed by atoms with Crippen molar-refractivity contribution in [1.82, 2.24) is 5.32 Å². The standard InChI is InChI=1S/C15H15Cl2NO2S/c1-9(11-7-14(16)21-15(11)17)18-8-10-2-3-12-13(6-10)20-5-4-19-12/h2-3,6-7,9,18H,4-5,8H2,1H3. The fraction of sp³-hybridized carbons (Fsp3) is 0.333. The predicted molar refractivity (Wildman–Crippen MR) is 87.0 cm³/mol. The van der Waals surface area contributed by atoms with Gasteiger partial charge in [-0.2, -0.15) is 0 Å². The van der Waals surface area contributed by atoms with Crippen LogP contribution in [0.1, 0.15) is 24.1 Å². The molecule has 0 saturated carbocycles. The summed E-state index contributed by atoms with van der Waals surface area (Å²) < 4.78 is 12.6. The summed E-state index contributed by atoms with van der Waals surface area (Å²) in [5.41, 5.74) is 2.17. The van der Waals surface area contributed by atoms with Gasteiger partial charge in [-0.25, -0.2) is 0 Å². The third-order valence-corrected chi connectivity index (χ3v) is 4.89. The molecule has 0 aliphatic carbocycles. The molecule has 1 aliphatic rings. The van der Waals surface area contributed by atoms with Crippen LogP contribution in [-0.2, 0) is 6.54 Å². The minimum absolute atomic E-state index is 0.134. The highest BCUT2D eigenvalue weighted by molar-refractivity contribution is 7.20. The zero-order valence-corrected chi connectivity index (χ0v) is 13.8. The largest absolute Gasteiger partial charge is 0.486 e. The number of hydrogen-bond acceptors (Lipinski definition) is 4. The zero-order valence-electron chi connectivity index (χ0n) is 11.5. The maximum Gasteiger partial charge on any atom is 0.161 e. The molecule has 1 aromatic heterocycles. The first-order valence-electron chi connectivity index (χ1n) is 6.70. The summed E-state index contributed by atoms with van der Waals surface area (Å²) in [6, 6.07) is 8.04. The van der Waals surface area contributed by atoms with Crippen molar-refractivity contribution in [2.45, 2.75) is 19.5 Å². The van der Waals surface area contributed by atoms with Gasteiger partial charge in [-0.15, -0.1) is 11.3 Å². The SMILES string of the molecule is CC(NCc1ccc2c(c1)OCCO2)c1cc(Cl)sc1Cl. The molecule has 0 saturated heterocycles. The minimum Gasteiger partial charge on any atom is -0.486 e. The minimum atomic E-state index is 0.134. The second-order valence-corrected chi connectivity index (χ2v) is 7.15. The summed E-state index contributed by atoms with van der Waals surface area (Å²) in [7, 11) is 0. The lowest BCUT2D eigenvalue weighted by atomic mass is 10.1. The van der Waals surface area contributed by atoms with E-state index >= 15 is 0 Å². The first-order chi connectivity index (χ1) is 10.1. The summed E-state index contributed by atoms with van der Waals surface area (Å²) in [5.74, 6) is 1.62. The van der Waals surface area contributed by atoms with E-state index in [-0.39, 0.29) is 6.04 Å². The number of benzene rings is 1. The number of hydrogen-bond donors (Lipinski definition) is 1. The Bertz CT molecular complexity index is 645. The Morgan fingerprint density at radius 2 is 1.95 bits per heavy atom. The number of nitrogens with one attached hydrogen (secondary N) is 1. The maximum atomic E-state index is 6.17. The van der Waals surface area contributed by atoms with Crippen LogP contribution in [0.15, 0.2) is 24.3 Å². The van der Waals surface area contributed by atoms with E-state index < -0.39 is 0 Å². The Morgan fingerprint density at radius 3 is 2.67 bits per heavy atom. The van der Waals surface area contributed by atoms with Gasteiger partial charge in [0.2, 0.25) is 0 Å². The lowest BCUT2D eigenvalue weighted by Gasteiger charge is -2.19. The molecule has 112 valence electrons. The van der Waals surface area contributed by atoms with Crippen molar-refractivity contribution < 1.29 is 9.47 Å². The smallest absolute Gasteiger partial charge is 0.161 e. The molecule has 0 spiro atoms. The van der Waals surface area contributed by atoms with E-state index in [0.29, 0.717) is 17.6 Å². The number of rotatable bonds is 4. The molecule has 0 radical (unpaired) electrons. The first kappa shape index (κ1) is 15.0. The maximum absolute atomic E-state index is 6.17. The molecular formula is C15H15Cl2NO2S. The van der Waals surface area contributed by atoms with E-state index in [0.717, 1.165) is 33.5 Å². The van der Waals surface area contributed by atoms with Crippen LogP contribution >= 0.6 is 34.5 Å². The van der Waals surface area contributed by atoms with Crippen LogP contribution in [0.2, 0.25) is 8.67 Å². The number of thiophene rings is 1. The Hall–Kier alpha value is -0.940. The molecule has 1 N–H and O–H groups in total. The highest BCUT2D eigenvalue weighted by Crippen LogP contribution is 2.35. The lowest BCUT2D eigenvalue weighted by molar-refractivity contribution is 0.171. The average Bonchev–Trinajstić information content (AvgIpc) is 2.83. The highest BCUT2D eigenvalue weighted by atomic mass is 35.5. The van der Waals surface area contributed by atoms with Crippen LogP contribution in [0.4, 0.5) is 0 Å². The molecule has 3 nitrogen and oxygen atoms in total. The van der Waals surface area contributed by atoms with Gasteiger partial charge >= 0.3 is 0 Å². The monoisotopic (exact) mass is 343 g/mol. The van der Waals surface area contributed by atoms with Crippen molar-refractivity contribution in [3.05, 3.63) is 44.1 Å². The Kier molecular flexibility index (Phi) is 4.60. The third kappa shape index (κ3) is 3.46. The van der Waals surface area contributed by atoms with Gasteiger partial charge in [0.1, 0.15) is 13.2 Å². The van der Waals surface area contributed by atoms with E-state index in [1.165, 1.54) is 11.3 Å². The van der Waals surface area contributed by atoms with Crippen LogP contribution in [0.25, 0.3) is 0 Å². The third-order valence-electron chi connectivity index (χ3n) is 3.37. The normalized spacial score (nSPS) is 15.0. The van der Waals surface area contributed by atoms with E-state index in [1.54, 1.807) is 0 Å². The number of halogens is 2. The molecular weight excluding hydrogens is 329 g/mol. The summed E-state index contributed by atoms with van der Waals surface area (Å²) in [6.45, 7) is 4.01. The second-order valence-electron chi connectivity index (χ2n) is 4.86. The highest BCUT2D eigenvalue weighted by Gasteiger charge is 2.14. The van der Waals surface area contributed by atoms with E-state index in [4.69, 9.17) is 32.7 Å². The van der Waals surface area contributed by atoms with Crippen molar-refractivity contribution in [2.75, 3.05) is 13.2 Å². The van der Waals surface area contributed by atoms with Gasteiger partial charge in [-0.1, -0.05) is 29.3 Å². The van der Waals surface area contributed by atoms with E-state index in [1.807, 2.05) is 24.3 Å². The van der Waals surface area contributed by atoms with Crippen LogP contribution < -0.4 is 14.8 Å². The lowest BCUT2D eigenvalue weighted by Crippen LogP contribution is -2.19. The molecule has 0 fully saturated rings. The van der Waals surface area contributed by atoms with Gasteiger partial charge in [0.05, 0.1) is 8.67 Å². The van der Waals surface area contributed by atoms with Crippen LogP contribution in [0.5, 0.6) is 11.5 Å². The van der Waals surface area contributed by atoms with Crippen molar-refractivity contribution in [2.24, 2.45) is 0 Å². The molecule has 1 unspecified atom stereocenters. The van der Waals surface area contributed by atoms with Gasteiger partial charge in [0.15, 0.2) is 11.5 Å². The van der Waals surface area contributed by atoms with Crippen molar-refractivity contribution >= 4 is 34.5 Å². The summed E-state index contributed by atoms with van der Waals surface area (Å²) in [4.78, 5) is 0. The summed E-state index contributed by atoms with van der Waals surface area (Å²) in [6.07, 6.45) is 0. The number of fused-ring (bicyclic) bond motifs is 1. The Morgan fingerprint density at radius 1 is 1.19 bits per heavy atom. The molecule has 1 aromatic carbocycles. The van der Waals surface area contributed by atoms with Crippen LogP contribution in [-0.4, -0.2) is 13.2 Å². The van der Waals surface area contributed by atoms with Crippen molar-refractivity contribution in [3.8, 4) is 11.5 Å². The molecule has 0 amide bonds. The van der Waals surface area contributed by atoms with Gasteiger partial charge in [0, 0.05) is 12.6 Å². The van der Waals surface area contributed by atoms with Crippen LogP contribution in [0.3, 0.4) is 0 Å². The molecule has 2 aromatic rings. The fourth-order valence-electron chi connectivity index (χ4n) is 2.23. The summed E-state index contributed by atoms with van der Waals surface area (Å²) >= 11 is 13.5. The predicted octanol–water partition coefficient (Wildman–Crippen LogP) is 4.68. The van der Waals surface area contributed by atoms with Gasteiger partial charge < -0.3 is 14.8 Å². The molecule has 6 heteroatoms. The molecule has 3 rings (SSSR count). The second kappa shape index (κ2) is 6.44. The topological polar surface area (TPSA) is 30.5 Å². The van der Waals surface area contributed by atoms with E-state index in [9.17, 15) is 0 Å². The van der Waals surface area contributed by atoms with Crippen LogP contribution in [0, 0.1) is 0 Å². The van der Waals surface area contributed by atoms with Gasteiger partial charge in [-0.05, 0) is 36.2 Å². The average molecular weight is 344 g/mol. The van der Waals surface area contributed by atoms with Gasteiger partial charge in [0.25, 0.3) is 0 Å². The zero-order chi connectivity index (χ0) is 14.8. The van der Waals surface area contributed by atoms with Gasteiger partial charge in [-0.3, -0.25) is 0 Å². The summed E-state index contributed by atoms with van der Waals surface area (Å²) in [5, 5.41) is 3.44.